The van der Waals surface area contributed by atoms with Crippen LogP contribution in [-0.4, -0.2) is 11.8 Å². The van der Waals surface area contributed by atoms with Crippen LogP contribution < -0.4 is 0 Å². The van der Waals surface area contributed by atoms with Crippen molar-refractivity contribution in [3.05, 3.63) is 125 Å². The zero-order valence-electron chi connectivity index (χ0n) is 16.3. The Labute approximate surface area is 184 Å². The van der Waals surface area contributed by atoms with Gasteiger partial charge in [0.05, 0.1) is 11.5 Å². The summed E-state index contributed by atoms with van der Waals surface area (Å²) >= 11 is 3.37. The van der Waals surface area contributed by atoms with Gasteiger partial charge >= 0.3 is 5.97 Å². The van der Waals surface area contributed by atoms with Gasteiger partial charge in [-0.1, -0.05) is 88.7 Å². The van der Waals surface area contributed by atoms with Gasteiger partial charge in [0.25, 0.3) is 0 Å². The van der Waals surface area contributed by atoms with Crippen molar-refractivity contribution in [2.45, 2.75) is 6.42 Å². The summed E-state index contributed by atoms with van der Waals surface area (Å²) in [6.07, 6.45) is 3.75. The molecule has 0 aromatic heterocycles. The van der Waals surface area contributed by atoms with Crippen LogP contribution in [-0.2, 0) is 4.74 Å². The van der Waals surface area contributed by atoms with Crippen LogP contribution in [0.4, 0.5) is 0 Å². The minimum absolute atomic E-state index is 0.125. The number of esters is 1. The van der Waals surface area contributed by atoms with Crippen LogP contribution in [0.15, 0.2) is 108 Å². The van der Waals surface area contributed by atoms with Crippen molar-refractivity contribution in [2.75, 3.05) is 0 Å². The fourth-order valence-electron chi connectivity index (χ4n) is 3.02. The summed E-state index contributed by atoms with van der Waals surface area (Å²) in [5, 5.41) is 0. The number of hydrogen-bond acceptors (Lipinski definition) is 3. The van der Waals surface area contributed by atoms with E-state index < -0.39 is 11.9 Å². The van der Waals surface area contributed by atoms with Crippen LogP contribution >= 0.6 is 15.9 Å². The Morgan fingerprint density at radius 1 is 0.900 bits per heavy atom. The fraction of sp³-hybridized carbons (Fsp3) is 0.0769. The average Bonchev–Trinajstić information content (AvgIpc) is 2.78. The largest absolute Gasteiger partial charge is 0.427 e. The molecule has 4 heteroatoms. The molecule has 0 spiro atoms. The van der Waals surface area contributed by atoms with Crippen molar-refractivity contribution in [3.8, 4) is 0 Å². The Kier molecular flexibility index (Phi) is 7.52. The van der Waals surface area contributed by atoms with E-state index >= 15 is 0 Å². The summed E-state index contributed by atoms with van der Waals surface area (Å²) in [7, 11) is 0. The Bertz CT molecular complexity index is 1060. The van der Waals surface area contributed by atoms with Gasteiger partial charge in [-0.05, 0) is 36.3 Å². The van der Waals surface area contributed by atoms with Crippen LogP contribution in [0.1, 0.15) is 32.7 Å². The third-order valence-corrected chi connectivity index (χ3v) is 4.99. The number of benzene rings is 3. The van der Waals surface area contributed by atoms with Crippen LogP contribution in [0.3, 0.4) is 0 Å². The highest BCUT2D eigenvalue weighted by Gasteiger charge is 2.27. The molecule has 0 amide bonds. The van der Waals surface area contributed by atoms with E-state index in [1.807, 2.05) is 54.6 Å². The number of rotatable bonds is 8. The maximum atomic E-state index is 13.3. The summed E-state index contributed by atoms with van der Waals surface area (Å²) in [5.74, 6) is -1.02. The molecule has 1 unspecified atom stereocenters. The van der Waals surface area contributed by atoms with Crippen molar-refractivity contribution in [1.82, 2.24) is 0 Å². The first-order valence-corrected chi connectivity index (χ1v) is 10.3. The Hall–Kier alpha value is -3.24. The second-order valence-corrected chi connectivity index (χ2v) is 7.58. The zero-order valence-corrected chi connectivity index (χ0v) is 17.9. The number of hydrogen-bond donors (Lipinski definition) is 0. The SMILES string of the molecule is C=CCC(C(=O)c1ccccc1)/C(=C/c1ccccc1)OC(=O)c1cccc(Br)c1. The number of carbonyl (C=O) groups excluding carboxylic acids is 2. The highest BCUT2D eigenvalue weighted by Crippen LogP contribution is 2.26. The van der Waals surface area contributed by atoms with Crippen LogP contribution in [0.5, 0.6) is 0 Å². The summed E-state index contributed by atoms with van der Waals surface area (Å²) in [5.41, 5.74) is 1.79. The number of Topliss-reactive ketones (excluding diaryl/α,β-unsaturated/α-hetero) is 1. The third-order valence-electron chi connectivity index (χ3n) is 4.50. The Balaban J connectivity index is 2.00. The normalized spacial score (nSPS) is 12.1. The first-order chi connectivity index (χ1) is 14.6. The van der Waals surface area contributed by atoms with Crippen molar-refractivity contribution >= 4 is 33.8 Å². The fourth-order valence-corrected chi connectivity index (χ4v) is 3.42. The van der Waals surface area contributed by atoms with Crippen molar-refractivity contribution in [3.63, 3.8) is 0 Å². The number of ketones is 1. The van der Waals surface area contributed by atoms with Gasteiger partial charge in [-0.3, -0.25) is 4.79 Å². The molecule has 150 valence electrons. The highest BCUT2D eigenvalue weighted by atomic mass is 79.9. The number of allylic oxidation sites excluding steroid dienone is 2. The molecule has 3 nitrogen and oxygen atoms in total. The van der Waals surface area contributed by atoms with E-state index in [0.717, 1.165) is 10.0 Å². The standard InChI is InChI=1S/C26H21BrO3/c1-2-10-23(25(28)20-13-7-4-8-14-20)24(17-19-11-5-3-6-12-19)30-26(29)21-15-9-16-22(27)18-21/h2-9,11-18,23H,1,10H2/b24-17-. The molecular weight excluding hydrogens is 440 g/mol. The van der Waals surface area contributed by atoms with Gasteiger partial charge in [0.15, 0.2) is 5.78 Å². The molecule has 0 aliphatic heterocycles. The van der Waals surface area contributed by atoms with Gasteiger partial charge in [0, 0.05) is 10.0 Å². The Morgan fingerprint density at radius 3 is 2.17 bits per heavy atom. The number of carbonyl (C=O) groups is 2. The molecule has 0 heterocycles. The molecule has 3 aromatic rings. The molecule has 0 aliphatic rings. The minimum atomic E-state index is -0.666. The third kappa shape index (κ3) is 5.65. The van der Waals surface area contributed by atoms with Crippen molar-refractivity contribution < 1.29 is 14.3 Å². The first-order valence-electron chi connectivity index (χ1n) is 9.53. The van der Waals surface area contributed by atoms with Gasteiger partial charge in [0.1, 0.15) is 5.76 Å². The molecule has 0 saturated heterocycles. The minimum Gasteiger partial charge on any atom is -0.427 e. The lowest BCUT2D eigenvalue weighted by Crippen LogP contribution is -2.20. The zero-order chi connectivity index (χ0) is 21.3. The van der Waals surface area contributed by atoms with Gasteiger partial charge in [0.2, 0.25) is 0 Å². The van der Waals surface area contributed by atoms with E-state index in [4.69, 9.17) is 4.74 Å². The predicted octanol–water partition coefficient (Wildman–Crippen LogP) is 6.72. The van der Waals surface area contributed by atoms with Gasteiger partial charge in [-0.15, -0.1) is 6.58 Å². The topological polar surface area (TPSA) is 43.4 Å². The summed E-state index contributed by atoms with van der Waals surface area (Å²) in [6, 6.07) is 25.4. The first kappa shape index (κ1) is 21.5. The maximum Gasteiger partial charge on any atom is 0.343 e. The smallest absolute Gasteiger partial charge is 0.343 e. The van der Waals surface area contributed by atoms with Crippen LogP contribution in [0.25, 0.3) is 6.08 Å². The van der Waals surface area contributed by atoms with Crippen LogP contribution in [0.2, 0.25) is 0 Å². The van der Waals surface area contributed by atoms with Crippen LogP contribution in [0, 0.1) is 5.92 Å². The van der Waals surface area contributed by atoms with E-state index in [1.165, 1.54) is 0 Å². The molecule has 0 aliphatic carbocycles. The predicted molar refractivity (Wildman–Crippen MR) is 123 cm³/mol. The van der Waals surface area contributed by atoms with Crippen molar-refractivity contribution in [1.29, 1.82) is 0 Å². The number of halogens is 1. The molecule has 1 atom stereocenters. The molecule has 0 fully saturated rings. The summed E-state index contributed by atoms with van der Waals surface area (Å²) in [4.78, 5) is 26.1. The lowest BCUT2D eigenvalue weighted by atomic mass is 9.91. The molecule has 30 heavy (non-hydrogen) atoms. The molecule has 3 aromatic carbocycles. The highest BCUT2D eigenvalue weighted by molar-refractivity contribution is 9.10. The molecular formula is C26H21BrO3. The van der Waals surface area contributed by atoms with Gasteiger partial charge in [-0.25, -0.2) is 4.79 Å². The lowest BCUT2D eigenvalue weighted by Gasteiger charge is -2.18. The molecule has 3 rings (SSSR count). The lowest BCUT2D eigenvalue weighted by molar-refractivity contribution is 0.0582. The molecule has 0 N–H and O–H groups in total. The second-order valence-electron chi connectivity index (χ2n) is 6.66. The van der Waals surface area contributed by atoms with Gasteiger partial charge in [-0.2, -0.15) is 0 Å². The van der Waals surface area contributed by atoms with E-state index in [9.17, 15) is 9.59 Å². The van der Waals surface area contributed by atoms with E-state index in [-0.39, 0.29) is 5.78 Å². The second kappa shape index (κ2) is 10.5. The number of ether oxygens (including phenoxy) is 1. The monoisotopic (exact) mass is 460 g/mol. The van der Waals surface area contributed by atoms with E-state index in [0.29, 0.717) is 23.3 Å². The Morgan fingerprint density at radius 2 is 1.53 bits per heavy atom. The summed E-state index contributed by atoms with van der Waals surface area (Å²) in [6.45, 7) is 3.79. The van der Waals surface area contributed by atoms with E-state index in [1.54, 1.807) is 42.5 Å². The van der Waals surface area contributed by atoms with Gasteiger partial charge < -0.3 is 4.74 Å². The molecule has 0 bridgehead atoms. The molecule has 0 radical (unpaired) electrons. The van der Waals surface area contributed by atoms with E-state index in [2.05, 4.69) is 22.5 Å². The average molecular weight is 461 g/mol. The molecule has 0 saturated carbocycles. The quantitative estimate of drug-likeness (QED) is 0.162. The maximum absolute atomic E-state index is 13.3. The summed E-state index contributed by atoms with van der Waals surface area (Å²) < 4.78 is 6.56. The van der Waals surface area contributed by atoms with Crippen molar-refractivity contribution in [2.24, 2.45) is 5.92 Å².